The summed E-state index contributed by atoms with van der Waals surface area (Å²) < 4.78 is 41.6. The number of ether oxygens (including phenoxy) is 2. The summed E-state index contributed by atoms with van der Waals surface area (Å²) in [6, 6.07) is 32.1. The van der Waals surface area contributed by atoms with E-state index >= 15 is 0 Å². The average Bonchev–Trinajstić information content (AvgIpc) is 3.05. The number of hydrogen-bond acceptors (Lipinski definition) is 6. The van der Waals surface area contributed by atoms with Gasteiger partial charge in [-0.1, -0.05) is 104 Å². The zero-order chi connectivity index (χ0) is 31.1. The second kappa shape index (κ2) is 14.4. The summed E-state index contributed by atoms with van der Waals surface area (Å²) in [5, 5.41) is 9.51. The summed E-state index contributed by atoms with van der Waals surface area (Å²) in [7, 11) is -1.58. The molecule has 44 heavy (non-hydrogen) atoms. The molecular weight excluding hydrogens is 572 g/mol. The number of nitrogens with one attached hydrogen (secondary N) is 1. The molecule has 4 atom stereocenters. The van der Waals surface area contributed by atoms with Crippen LogP contribution in [0.1, 0.15) is 41.6 Å². The maximum Gasteiger partial charge on any atom is 0.240 e. The summed E-state index contributed by atoms with van der Waals surface area (Å²) in [6.07, 6.45) is 1.04. The van der Waals surface area contributed by atoms with Crippen molar-refractivity contribution in [1.82, 2.24) is 9.62 Å². The lowest BCUT2D eigenvalue weighted by atomic mass is 9.90. The molecule has 1 aliphatic rings. The van der Waals surface area contributed by atoms with E-state index in [0.717, 1.165) is 46.5 Å². The van der Waals surface area contributed by atoms with Gasteiger partial charge in [0.05, 0.1) is 23.7 Å². The lowest BCUT2D eigenvalue weighted by Gasteiger charge is -2.42. The molecule has 0 amide bonds. The van der Waals surface area contributed by atoms with Gasteiger partial charge in [0.1, 0.15) is 0 Å². The number of aliphatic hydroxyl groups is 1. The van der Waals surface area contributed by atoms with Gasteiger partial charge in [-0.05, 0) is 47.0 Å². The molecular formula is C36H40N2O5S. The van der Waals surface area contributed by atoms with Crippen molar-refractivity contribution in [3.05, 3.63) is 138 Å². The Kier molecular flexibility index (Phi) is 10.4. The summed E-state index contributed by atoms with van der Waals surface area (Å²) in [6.45, 7) is 7.66. The second-order valence-corrected chi connectivity index (χ2v) is 13.0. The minimum absolute atomic E-state index is 0.00353. The van der Waals surface area contributed by atoms with Gasteiger partial charge in [-0.3, -0.25) is 0 Å². The van der Waals surface area contributed by atoms with Gasteiger partial charge < -0.3 is 19.5 Å². The molecule has 0 spiro atoms. The molecule has 230 valence electrons. The van der Waals surface area contributed by atoms with Crippen molar-refractivity contribution in [2.24, 2.45) is 5.92 Å². The highest BCUT2D eigenvalue weighted by molar-refractivity contribution is 7.89. The minimum atomic E-state index is -3.64. The topological polar surface area (TPSA) is 88.1 Å². The Labute approximate surface area is 260 Å². The van der Waals surface area contributed by atoms with Crippen molar-refractivity contribution in [2.75, 3.05) is 20.1 Å². The molecule has 0 aromatic heterocycles. The minimum Gasteiger partial charge on any atom is -0.392 e. The van der Waals surface area contributed by atoms with Crippen LogP contribution in [0, 0.1) is 5.92 Å². The molecule has 0 saturated carbocycles. The first-order valence-corrected chi connectivity index (χ1v) is 16.3. The molecule has 1 aliphatic heterocycles. The zero-order valence-corrected chi connectivity index (χ0v) is 26.0. The normalized spacial score (nSPS) is 20.5. The van der Waals surface area contributed by atoms with Crippen molar-refractivity contribution in [2.45, 2.75) is 43.5 Å². The molecule has 1 saturated heterocycles. The van der Waals surface area contributed by atoms with Gasteiger partial charge >= 0.3 is 0 Å². The monoisotopic (exact) mass is 612 g/mol. The molecule has 0 radical (unpaired) electrons. The Morgan fingerprint density at radius 2 is 1.55 bits per heavy atom. The number of likely N-dealkylation sites (N-methyl/N-ethyl adjacent to an activating group) is 1. The van der Waals surface area contributed by atoms with Crippen LogP contribution in [0.15, 0.2) is 121 Å². The van der Waals surface area contributed by atoms with E-state index in [9.17, 15) is 13.5 Å². The summed E-state index contributed by atoms with van der Waals surface area (Å²) in [5.74, 6) is 0.0873. The fourth-order valence-electron chi connectivity index (χ4n) is 5.56. The number of sulfonamides is 1. The SMILES string of the molecule is C=CCN(C)CC1OC(c2ccc(-c3ccccc3CNS(=O)(=O)c3ccccc3)cc2)OC(c2ccc(CO)cc2)C1C. The van der Waals surface area contributed by atoms with Gasteiger partial charge in [0.25, 0.3) is 0 Å². The van der Waals surface area contributed by atoms with Crippen LogP contribution < -0.4 is 4.72 Å². The molecule has 4 aromatic carbocycles. The number of rotatable bonds is 12. The summed E-state index contributed by atoms with van der Waals surface area (Å²) in [4.78, 5) is 2.43. The van der Waals surface area contributed by atoms with Gasteiger partial charge in [-0.25, -0.2) is 13.1 Å². The van der Waals surface area contributed by atoms with Crippen LogP contribution in [0.5, 0.6) is 0 Å². The van der Waals surface area contributed by atoms with Gasteiger partial charge in [0.15, 0.2) is 6.29 Å². The molecule has 4 aromatic rings. The van der Waals surface area contributed by atoms with E-state index in [1.165, 1.54) is 0 Å². The predicted octanol–water partition coefficient (Wildman–Crippen LogP) is 6.23. The van der Waals surface area contributed by atoms with E-state index < -0.39 is 16.3 Å². The maximum atomic E-state index is 12.8. The van der Waals surface area contributed by atoms with E-state index in [1.807, 2.05) is 78.9 Å². The summed E-state index contributed by atoms with van der Waals surface area (Å²) in [5.41, 5.74) is 5.58. The van der Waals surface area contributed by atoms with Gasteiger partial charge in [-0.15, -0.1) is 6.58 Å². The number of aliphatic hydroxyl groups excluding tert-OH is 1. The number of nitrogens with zero attached hydrogens (tertiary/aromatic N) is 1. The van der Waals surface area contributed by atoms with Gasteiger partial charge in [0, 0.05) is 31.1 Å². The predicted molar refractivity (Wildman–Crippen MR) is 173 cm³/mol. The van der Waals surface area contributed by atoms with Crippen LogP contribution in [0.25, 0.3) is 11.1 Å². The fraction of sp³-hybridized carbons (Fsp3) is 0.278. The molecule has 0 aliphatic carbocycles. The quantitative estimate of drug-likeness (QED) is 0.184. The lowest BCUT2D eigenvalue weighted by Crippen LogP contribution is -2.43. The number of hydrogen-bond donors (Lipinski definition) is 2. The first-order chi connectivity index (χ1) is 21.3. The van der Waals surface area contributed by atoms with E-state index in [4.69, 9.17) is 9.47 Å². The molecule has 4 unspecified atom stereocenters. The molecule has 5 rings (SSSR count). The Hall–Kier alpha value is -3.63. The van der Waals surface area contributed by atoms with Crippen molar-refractivity contribution in [1.29, 1.82) is 0 Å². The smallest absolute Gasteiger partial charge is 0.240 e. The largest absolute Gasteiger partial charge is 0.392 e. The highest BCUT2D eigenvalue weighted by atomic mass is 32.2. The highest BCUT2D eigenvalue weighted by Gasteiger charge is 2.38. The van der Waals surface area contributed by atoms with Crippen LogP contribution in [0.3, 0.4) is 0 Å². The van der Waals surface area contributed by atoms with Crippen molar-refractivity contribution in [3.8, 4) is 11.1 Å². The highest BCUT2D eigenvalue weighted by Crippen LogP contribution is 2.42. The third-order valence-corrected chi connectivity index (χ3v) is 9.49. The Bertz CT molecular complexity index is 1630. The van der Waals surface area contributed by atoms with Crippen LogP contribution >= 0.6 is 0 Å². The van der Waals surface area contributed by atoms with Crippen LogP contribution in [0.4, 0.5) is 0 Å². The van der Waals surface area contributed by atoms with E-state index in [2.05, 4.69) is 30.2 Å². The fourth-order valence-corrected chi connectivity index (χ4v) is 6.59. The van der Waals surface area contributed by atoms with Crippen LogP contribution in [-0.2, 0) is 32.6 Å². The molecule has 2 N–H and O–H groups in total. The average molecular weight is 613 g/mol. The molecule has 1 fully saturated rings. The van der Waals surface area contributed by atoms with Gasteiger partial charge in [0.2, 0.25) is 10.0 Å². The van der Waals surface area contributed by atoms with E-state index in [1.54, 1.807) is 30.3 Å². The van der Waals surface area contributed by atoms with Crippen molar-refractivity contribution in [3.63, 3.8) is 0 Å². The third kappa shape index (κ3) is 7.53. The molecule has 1 heterocycles. The summed E-state index contributed by atoms with van der Waals surface area (Å²) >= 11 is 0. The van der Waals surface area contributed by atoms with Crippen LogP contribution in [0.2, 0.25) is 0 Å². The van der Waals surface area contributed by atoms with E-state index in [-0.39, 0.29) is 36.2 Å². The standard InChI is InChI=1S/C36H40N2O5S/c1-4-22-38(3)24-34-26(2)35(29-16-14-27(25-39)15-17-29)43-36(42-34)30-20-18-28(19-21-30)33-13-9-8-10-31(33)23-37-44(40,41)32-11-6-5-7-12-32/h4-21,26,34-37,39H,1,22-25H2,2-3H3. The Morgan fingerprint density at radius 3 is 2.23 bits per heavy atom. The van der Waals surface area contributed by atoms with Crippen molar-refractivity contribution < 1.29 is 23.0 Å². The molecule has 0 bridgehead atoms. The van der Waals surface area contributed by atoms with E-state index in [0.29, 0.717) is 0 Å². The Morgan fingerprint density at radius 1 is 0.886 bits per heavy atom. The number of benzene rings is 4. The zero-order valence-electron chi connectivity index (χ0n) is 25.2. The van der Waals surface area contributed by atoms with Gasteiger partial charge in [-0.2, -0.15) is 0 Å². The maximum absolute atomic E-state index is 12.8. The molecule has 7 nitrogen and oxygen atoms in total. The van der Waals surface area contributed by atoms with Crippen molar-refractivity contribution >= 4 is 10.0 Å². The Balaban J connectivity index is 1.37. The third-order valence-electron chi connectivity index (χ3n) is 8.07. The first kappa shape index (κ1) is 31.8. The first-order valence-electron chi connectivity index (χ1n) is 14.8. The second-order valence-electron chi connectivity index (χ2n) is 11.2. The van der Waals surface area contributed by atoms with Crippen LogP contribution in [-0.4, -0.2) is 44.7 Å². The molecule has 8 heteroatoms. The lowest BCUT2D eigenvalue weighted by molar-refractivity contribution is -0.275.